The van der Waals surface area contributed by atoms with Gasteiger partial charge in [0.05, 0.1) is 0 Å². The lowest BCUT2D eigenvalue weighted by atomic mass is 9.76. The molecule has 0 aliphatic heterocycles. The molecule has 0 nitrogen and oxygen atoms in total. The summed E-state index contributed by atoms with van der Waals surface area (Å²) in [6, 6.07) is 14.0. The molecular formula is C19H20. The van der Waals surface area contributed by atoms with Gasteiger partial charge in [0.25, 0.3) is 0 Å². The van der Waals surface area contributed by atoms with E-state index < -0.39 is 0 Å². The van der Waals surface area contributed by atoms with Gasteiger partial charge in [0.2, 0.25) is 0 Å². The van der Waals surface area contributed by atoms with E-state index in [9.17, 15) is 0 Å². The zero-order valence-corrected chi connectivity index (χ0v) is 11.8. The standard InChI is InChI=1S/C19H20/c1-13-8-9-16-15(12-13)18-14(2)6-5-7-17(18)19(16)10-3-4-11-19/h5-9,12H,3-4,10-11H2,1-2H3. The van der Waals surface area contributed by atoms with E-state index in [1.54, 1.807) is 11.1 Å². The maximum absolute atomic E-state index is 2.40. The maximum Gasteiger partial charge on any atom is 0.0215 e. The SMILES string of the molecule is Cc1ccc2c(c1)-c1c(C)cccc1C21CCCC1. The second-order valence-electron chi connectivity index (χ2n) is 6.34. The Morgan fingerprint density at radius 2 is 1.68 bits per heavy atom. The maximum atomic E-state index is 2.40. The van der Waals surface area contributed by atoms with Crippen molar-refractivity contribution in [2.24, 2.45) is 0 Å². The largest absolute Gasteiger partial charge is 0.0617 e. The molecule has 19 heavy (non-hydrogen) atoms. The molecule has 0 N–H and O–H groups in total. The number of rotatable bonds is 0. The first-order valence-corrected chi connectivity index (χ1v) is 7.44. The molecule has 0 saturated heterocycles. The summed E-state index contributed by atoms with van der Waals surface area (Å²) in [6.07, 6.45) is 5.42. The van der Waals surface area contributed by atoms with Crippen LogP contribution in [0, 0.1) is 13.8 Å². The summed E-state index contributed by atoms with van der Waals surface area (Å²) >= 11 is 0. The number of fused-ring (bicyclic) bond motifs is 5. The third-order valence-electron chi connectivity index (χ3n) is 5.21. The van der Waals surface area contributed by atoms with Crippen molar-refractivity contribution in [3.05, 3.63) is 58.7 Å². The number of benzene rings is 2. The van der Waals surface area contributed by atoms with Gasteiger partial charge >= 0.3 is 0 Å². The highest BCUT2D eigenvalue weighted by atomic mass is 14.5. The summed E-state index contributed by atoms with van der Waals surface area (Å²) in [5.74, 6) is 0. The van der Waals surface area contributed by atoms with Crippen molar-refractivity contribution in [2.75, 3.05) is 0 Å². The van der Waals surface area contributed by atoms with Crippen molar-refractivity contribution in [1.82, 2.24) is 0 Å². The summed E-state index contributed by atoms with van der Waals surface area (Å²) in [6.45, 7) is 4.47. The van der Waals surface area contributed by atoms with Gasteiger partial charge in [-0.15, -0.1) is 0 Å². The summed E-state index contributed by atoms with van der Waals surface area (Å²) in [4.78, 5) is 0. The summed E-state index contributed by atoms with van der Waals surface area (Å²) in [7, 11) is 0. The van der Waals surface area contributed by atoms with Gasteiger partial charge in [-0.3, -0.25) is 0 Å². The number of aryl methyl sites for hydroxylation is 2. The van der Waals surface area contributed by atoms with Crippen LogP contribution in [0.4, 0.5) is 0 Å². The van der Waals surface area contributed by atoms with E-state index in [2.05, 4.69) is 50.2 Å². The molecule has 0 bridgehead atoms. The van der Waals surface area contributed by atoms with E-state index in [1.165, 1.54) is 47.9 Å². The van der Waals surface area contributed by atoms with E-state index in [0.29, 0.717) is 5.41 Å². The van der Waals surface area contributed by atoms with Crippen LogP contribution >= 0.6 is 0 Å². The molecule has 1 spiro atoms. The normalized spacial score (nSPS) is 18.6. The highest BCUT2D eigenvalue weighted by Gasteiger charge is 2.45. The zero-order valence-electron chi connectivity index (χ0n) is 11.8. The highest BCUT2D eigenvalue weighted by Crippen LogP contribution is 2.57. The lowest BCUT2D eigenvalue weighted by Gasteiger charge is -2.26. The fraction of sp³-hybridized carbons (Fsp3) is 0.368. The van der Waals surface area contributed by atoms with Crippen molar-refractivity contribution in [3.63, 3.8) is 0 Å². The van der Waals surface area contributed by atoms with Crippen LogP contribution in [0.25, 0.3) is 11.1 Å². The molecule has 2 aromatic carbocycles. The predicted octanol–water partition coefficient (Wildman–Crippen LogP) is 5.14. The fourth-order valence-electron chi connectivity index (χ4n) is 4.37. The van der Waals surface area contributed by atoms with E-state index >= 15 is 0 Å². The first kappa shape index (κ1) is 11.3. The van der Waals surface area contributed by atoms with Crippen molar-refractivity contribution >= 4 is 0 Å². The Hall–Kier alpha value is -1.56. The van der Waals surface area contributed by atoms with Crippen LogP contribution in [0.1, 0.15) is 47.9 Å². The minimum atomic E-state index is 0.338. The van der Waals surface area contributed by atoms with Crippen LogP contribution < -0.4 is 0 Å². The third kappa shape index (κ3) is 1.35. The van der Waals surface area contributed by atoms with Crippen LogP contribution in [0.2, 0.25) is 0 Å². The van der Waals surface area contributed by atoms with E-state index in [-0.39, 0.29) is 0 Å². The molecule has 2 aliphatic rings. The van der Waals surface area contributed by atoms with Crippen LogP contribution in [0.3, 0.4) is 0 Å². The zero-order chi connectivity index (χ0) is 13.0. The van der Waals surface area contributed by atoms with Gasteiger partial charge in [0.15, 0.2) is 0 Å². The van der Waals surface area contributed by atoms with Gasteiger partial charge in [-0.2, -0.15) is 0 Å². The molecule has 0 amide bonds. The second-order valence-corrected chi connectivity index (χ2v) is 6.34. The smallest absolute Gasteiger partial charge is 0.0215 e. The molecule has 2 aromatic rings. The lowest BCUT2D eigenvalue weighted by Crippen LogP contribution is -2.20. The third-order valence-corrected chi connectivity index (χ3v) is 5.21. The molecule has 0 radical (unpaired) electrons. The first-order chi connectivity index (χ1) is 9.22. The Balaban J connectivity index is 2.11. The lowest BCUT2D eigenvalue weighted by molar-refractivity contribution is 0.549. The van der Waals surface area contributed by atoms with Gasteiger partial charge in [-0.1, -0.05) is 54.8 Å². The summed E-state index contributed by atoms with van der Waals surface area (Å²) in [5, 5.41) is 0. The average molecular weight is 248 g/mol. The fourth-order valence-corrected chi connectivity index (χ4v) is 4.37. The highest BCUT2D eigenvalue weighted by molar-refractivity contribution is 5.83. The molecule has 1 fully saturated rings. The van der Waals surface area contributed by atoms with E-state index in [1.807, 2.05) is 0 Å². The van der Waals surface area contributed by atoms with Crippen LogP contribution in [-0.2, 0) is 5.41 Å². The summed E-state index contributed by atoms with van der Waals surface area (Å²) in [5.41, 5.74) is 9.39. The Morgan fingerprint density at radius 1 is 0.895 bits per heavy atom. The molecule has 0 aromatic heterocycles. The molecule has 1 saturated carbocycles. The van der Waals surface area contributed by atoms with Crippen molar-refractivity contribution in [3.8, 4) is 11.1 Å². The van der Waals surface area contributed by atoms with E-state index in [4.69, 9.17) is 0 Å². The van der Waals surface area contributed by atoms with Crippen LogP contribution in [-0.4, -0.2) is 0 Å². The van der Waals surface area contributed by atoms with Gasteiger partial charge in [0, 0.05) is 5.41 Å². The molecule has 0 heterocycles. The quantitative estimate of drug-likeness (QED) is 0.605. The van der Waals surface area contributed by atoms with Gasteiger partial charge < -0.3 is 0 Å². The molecule has 2 aliphatic carbocycles. The molecule has 4 rings (SSSR count). The number of hydrogen-bond acceptors (Lipinski definition) is 0. The molecular weight excluding hydrogens is 228 g/mol. The first-order valence-electron chi connectivity index (χ1n) is 7.44. The minimum Gasteiger partial charge on any atom is -0.0617 e. The van der Waals surface area contributed by atoms with Crippen molar-refractivity contribution in [1.29, 1.82) is 0 Å². The van der Waals surface area contributed by atoms with Gasteiger partial charge in [-0.25, -0.2) is 0 Å². The monoisotopic (exact) mass is 248 g/mol. The topological polar surface area (TPSA) is 0 Å². The van der Waals surface area contributed by atoms with Crippen LogP contribution in [0.5, 0.6) is 0 Å². The number of hydrogen-bond donors (Lipinski definition) is 0. The van der Waals surface area contributed by atoms with Crippen LogP contribution in [0.15, 0.2) is 36.4 Å². The van der Waals surface area contributed by atoms with Gasteiger partial charge in [0.1, 0.15) is 0 Å². The molecule has 0 atom stereocenters. The predicted molar refractivity (Wildman–Crippen MR) is 80.6 cm³/mol. The molecule has 96 valence electrons. The Kier molecular flexibility index (Phi) is 2.21. The minimum absolute atomic E-state index is 0.338. The Labute approximate surface area is 115 Å². The van der Waals surface area contributed by atoms with Crippen molar-refractivity contribution < 1.29 is 0 Å². The second kappa shape index (κ2) is 3.72. The van der Waals surface area contributed by atoms with Gasteiger partial charge in [-0.05, 0) is 54.5 Å². The average Bonchev–Trinajstić information content (AvgIpc) is 2.97. The molecule has 0 unspecified atom stereocenters. The molecule has 0 heteroatoms. The Morgan fingerprint density at radius 3 is 2.47 bits per heavy atom. The van der Waals surface area contributed by atoms with Crippen molar-refractivity contribution in [2.45, 2.75) is 44.9 Å². The van der Waals surface area contributed by atoms with E-state index in [0.717, 1.165) is 0 Å². The summed E-state index contributed by atoms with van der Waals surface area (Å²) < 4.78 is 0. The Bertz CT molecular complexity index is 658.